The summed E-state index contributed by atoms with van der Waals surface area (Å²) >= 11 is 0. The predicted octanol–water partition coefficient (Wildman–Crippen LogP) is 3.62. The summed E-state index contributed by atoms with van der Waals surface area (Å²) in [5.74, 6) is 1.07. The molecule has 2 nitrogen and oxygen atoms in total. The second-order valence-corrected chi connectivity index (χ2v) is 5.01. The third-order valence-corrected chi connectivity index (χ3v) is 2.76. The van der Waals surface area contributed by atoms with Crippen LogP contribution in [0.25, 0.3) is 0 Å². The molecular weight excluding hydrogens is 196 g/mol. The molecule has 0 aromatic carbocycles. The SMILES string of the molecule is CN/C=C\C(C)(C=N/C=C/C(C)C)C(C)C. The molecule has 0 aliphatic heterocycles. The maximum Gasteiger partial charge on any atom is 0.0247 e. The fraction of sp³-hybridized carbons (Fsp3) is 0.643. The summed E-state index contributed by atoms with van der Waals surface area (Å²) in [5, 5.41) is 3.03. The first-order valence-corrected chi connectivity index (χ1v) is 5.98. The highest BCUT2D eigenvalue weighted by molar-refractivity contribution is 5.69. The Hall–Kier alpha value is -1.05. The van der Waals surface area contributed by atoms with Crippen molar-refractivity contribution in [2.24, 2.45) is 22.2 Å². The number of nitrogens with one attached hydrogen (secondary N) is 1. The highest BCUT2D eigenvalue weighted by Crippen LogP contribution is 2.26. The quantitative estimate of drug-likeness (QED) is 0.682. The van der Waals surface area contributed by atoms with E-state index >= 15 is 0 Å². The van der Waals surface area contributed by atoms with Crippen molar-refractivity contribution in [3.63, 3.8) is 0 Å². The smallest absolute Gasteiger partial charge is 0.0247 e. The molecule has 0 saturated carbocycles. The van der Waals surface area contributed by atoms with E-state index in [1.54, 1.807) is 0 Å². The molecule has 1 unspecified atom stereocenters. The summed E-state index contributed by atoms with van der Waals surface area (Å²) < 4.78 is 0. The van der Waals surface area contributed by atoms with Crippen LogP contribution >= 0.6 is 0 Å². The van der Waals surface area contributed by atoms with Crippen LogP contribution in [-0.4, -0.2) is 13.3 Å². The molecular formula is C14H26N2. The van der Waals surface area contributed by atoms with Crippen molar-refractivity contribution in [2.75, 3.05) is 7.05 Å². The second-order valence-electron chi connectivity index (χ2n) is 5.01. The van der Waals surface area contributed by atoms with Crippen molar-refractivity contribution in [1.82, 2.24) is 5.32 Å². The monoisotopic (exact) mass is 222 g/mol. The van der Waals surface area contributed by atoms with E-state index in [0.717, 1.165) is 0 Å². The van der Waals surface area contributed by atoms with Crippen LogP contribution in [0.1, 0.15) is 34.6 Å². The highest BCUT2D eigenvalue weighted by atomic mass is 14.8. The van der Waals surface area contributed by atoms with Crippen LogP contribution < -0.4 is 5.32 Å². The second kappa shape index (κ2) is 7.26. The fourth-order valence-electron chi connectivity index (χ4n) is 1.07. The maximum atomic E-state index is 4.37. The molecule has 1 N–H and O–H groups in total. The van der Waals surface area contributed by atoms with Crippen LogP contribution in [0.15, 0.2) is 29.5 Å². The summed E-state index contributed by atoms with van der Waals surface area (Å²) in [4.78, 5) is 4.37. The van der Waals surface area contributed by atoms with E-state index in [2.05, 4.69) is 57.1 Å². The Morgan fingerprint density at radius 2 is 1.81 bits per heavy atom. The average Bonchev–Trinajstić information content (AvgIpc) is 2.21. The Kier molecular flexibility index (Phi) is 6.78. The molecule has 0 aliphatic carbocycles. The number of allylic oxidation sites excluding steroid dienone is 2. The van der Waals surface area contributed by atoms with Crippen LogP contribution in [0.3, 0.4) is 0 Å². The van der Waals surface area contributed by atoms with Gasteiger partial charge in [0.1, 0.15) is 0 Å². The topological polar surface area (TPSA) is 24.4 Å². The van der Waals surface area contributed by atoms with Crippen molar-refractivity contribution >= 4 is 6.21 Å². The van der Waals surface area contributed by atoms with Gasteiger partial charge in [0.15, 0.2) is 0 Å². The van der Waals surface area contributed by atoms with E-state index < -0.39 is 0 Å². The van der Waals surface area contributed by atoms with Gasteiger partial charge in [0.2, 0.25) is 0 Å². The van der Waals surface area contributed by atoms with Crippen LogP contribution in [0.2, 0.25) is 0 Å². The molecule has 0 rings (SSSR count). The van der Waals surface area contributed by atoms with E-state index in [4.69, 9.17) is 0 Å². The first kappa shape index (κ1) is 14.9. The van der Waals surface area contributed by atoms with Crippen LogP contribution in [0.4, 0.5) is 0 Å². The first-order valence-electron chi connectivity index (χ1n) is 5.98. The van der Waals surface area contributed by atoms with Crippen molar-refractivity contribution in [1.29, 1.82) is 0 Å². The Morgan fingerprint density at radius 1 is 1.19 bits per heavy atom. The molecule has 0 spiro atoms. The molecule has 1 atom stereocenters. The van der Waals surface area contributed by atoms with Crippen molar-refractivity contribution in [3.05, 3.63) is 24.6 Å². The Balaban J connectivity index is 4.62. The maximum absolute atomic E-state index is 4.37. The molecule has 0 saturated heterocycles. The van der Waals surface area contributed by atoms with Gasteiger partial charge >= 0.3 is 0 Å². The average molecular weight is 222 g/mol. The molecule has 0 aromatic rings. The zero-order chi connectivity index (χ0) is 12.6. The van der Waals surface area contributed by atoms with Crippen molar-refractivity contribution in [2.45, 2.75) is 34.6 Å². The van der Waals surface area contributed by atoms with E-state index in [0.29, 0.717) is 11.8 Å². The molecule has 92 valence electrons. The van der Waals surface area contributed by atoms with Gasteiger partial charge in [-0.2, -0.15) is 0 Å². The summed E-state index contributed by atoms with van der Waals surface area (Å²) in [5.41, 5.74) is 0.00430. The van der Waals surface area contributed by atoms with Gasteiger partial charge < -0.3 is 5.32 Å². The van der Waals surface area contributed by atoms with Gasteiger partial charge in [-0.15, -0.1) is 0 Å². The van der Waals surface area contributed by atoms with Crippen molar-refractivity contribution in [3.8, 4) is 0 Å². The molecule has 0 amide bonds. The van der Waals surface area contributed by atoms with E-state index in [-0.39, 0.29) is 5.41 Å². The molecule has 0 heterocycles. The van der Waals surface area contributed by atoms with Gasteiger partial charge in [-0.05, 0) is 18.0 Å². The summed E-state index contributed by atoms with van der Waals surface area (Å²) in [6.45, 7) is 10.9. The zero-order valence-corrected chi connectivity index (χ0v) is 11.5. The summed E-state index contributed by atoms with van der Waals surface area (Å²) in [6.07, 6.45) is 10.1. The Bertz CT molecular complexity index is 262. The lowest BCUT2D eigenvalue weighted by Crippen LogP contribution is -2.23. The van der Waals surface area contributed by atoms with Gasteiger partial charge in [0.25, 0.3) is 0 Å². The molecule has 0 radical (unpaired) electrons. The Labute approximate surface area is 101 Å². The lowest BCUT2D eigenvalue weighted by molar-refractivity contribution is 0.422. The van der Waals surface area contributed by atoms with E-state index in [9.17, 15) is 0 Å². The van der Waals surface area contributed by atoms with E-state index in [1.807, 2.05) is 25.7 Å². The minimum atomic E-state index is 0.00430. The number of hydrogen-bond donors (Lipinski definition) is 1. The summed E-state index contributed by atoms with van der Waals surface area (Å²) in [7, 11) is 1.91. The highest BCUT2D eigenvalue weighted by Gasteiger charge is 2.22. The van der Waals surface area contributed by atoms with Gasteiger partial charge in [-0.25, -0.2) is 0 Å². The molecule has 0 fully saturated rings. The van der Waals surface area contributed by atoms with Crippen molar-refractivity contribution < 1.29 is 0 Å². The van der Waals surface area contributed by atoms with E-state index in [1.165, 1.54) is 0 Å². The molecule has 0 bridgehead atoms. The van der Waals surface area contributed by atoms with Crippen LogP contribution in [-0.2, 0) is 0 Å². The number of hydrogen-bond acceptors (Lipinski definition) is 2. The minimum Gasteiger partial charge on any atom is -0.394 e. The lowest BCUT2D eigenvalue weighted by atomic mass is 9.80. The number of rotatable bonds is 6. The molecule has 0 aliphatic rings. The zero-order valence-electron chi connectivity index (χ0n) is 11.5. The number of nitrogens with zero attached hydrogens (tertiary/aromatic N) is 1. The number of aliphatic imine (C=N–C) groups is 1. The van der Waals surface area contributed by atoms with Crippen LogP contribution in [0.5, 0.6) is 0 Å². The van der Waals surface area contributed by atoms with Gasteiger partial charge in [0.05, 0.1) is 0 Å². The van der Waals surface area contributed by atoms with Gasteiger partial charge in [-0.1, -0.05) is 46.8 Å². The normalized spacial score (nSPS) is 17.0. The summed E-state index contributed by atoms with van der Waals surface area (Å²) in [6, 6.07) is 0. The van der Waals surface area contributed by atoms with Gasteiger partial charge in [-0.3, -0.25) is 4.99 Å². The Morgan fingerprint density at radius 3 is 2.25 bits per heavy atom. The fourth-order valence-corrected chi connectivity index (χ4v) is 1.07. The lowest BCUT2D eigenvalue weighted by Gasteiger charge is -2.25. The van der Waals surface area contributed by atoms with Crippen LogP contribution in [0, 0.1) is 17.3 Å². The molecule has 2 heteroatoms. The third-order valence-electron chi connectivity index (χ3n) is 2.76. The first-order chi connectivity index (χ1) is 7.42. The molecule has 0 aromatic heterocycles. The minimum absolute atomic E-state index is 0.00430. The molecule has 16 heavy (non-hydrogen) atoms. The third kappa shape index (κ3) is 5.74. The largest absolute Gasteiger partial charge is 0.394 e. The standard InChI is InChI=1S/C14H26N2/c1-12(2)7-9-16-11-14(5,13(3)4)8-10-15-6/h7-13,15H,1-6H3/b9-7+,10-8-,16-11?. The van der Waals surface area contributed by atoms with Gasteiger partial charge in [0, 0.05) is 24.9 Å². The predicted molar refractivity (Wildman–Crippen MR) is 73.6 cm³/mol.